The van der Waals surface area contributed by atoms with Crippen LogP contribution in [0.4, 0.5) is 8.78 Å². The minimum Gasteiger partial charge on any atom is -0.502 e. The molecule has 1 saturated heterocycles. The normalized spacial score (nSPS) is 21.8. The fourth-order valence-electron chi connectivity index (χ4n) is 5.19. The maximum atomic E-state index is 14.7. The third kappa shape index (κ3) is 4.55. The van der Waals surface area contributed by atoms with E-state index in [2.05, 4.69) is 0 Å². The summed E-state index contributed by atoms with van der Waals surface area (Å²) in [5.74, 6) is -2.64. The third-order valence-electron chi connectivity index (χ3n) is 7.24. The number of pyridine rings is 1. The molecule has 8 nitrogen and oxygen atoms in total. The predicted molar refractivity (Wildman–Crippen MR) is 140 cm³/mol. The van der Waals surface area contributed by atoms with Crippen molar-refractivity contribution in [1.29, 1.82) is 0 Å². The molecule has 39 heavy (non-hydrogen) atoms. The minimum absolute atomic E-state index is 0.0509. The van der Waals surface area contributed by atoms with Gasteiger partial charge in [-0.15, -0.1) is 11.8 Å². The molecule has 1 aromatic heterocycles. The smallest absolute Gasteiger partial charge is 0.278 e. The van der Waals surface area contributed by atoms with Crippen molar-refractivity contribution >= 4 is 17.7 Å². The fourth-order valence-corrected chi connectivity index (χ4v) is 6.21. The van der Waals surface area contributed by atoms with Crippen LogP contribution in [0, 0.1) is 11.6 Å². The average Bonchev–Trinajstić information content (AvgIpc) is 3.41. The summed E-state index contributed by atoms with van der Waals surface area (Å²) in [6.45, 7) is 1.13. The molecule has 1 amide bonds. The molecular formula is C28H25F2N3O5S. The molecule has 11 heteroatoms. The van der Waals surface area contributed by atoms with Crippen LogP contribution in [0.1, 0.15) is 28.0 Å². The lowest BCUT2D eigenvalue weighted by Crippen LogP contribution is -2.61. The number of ether oxygens (including phenoxy) is 2. The van der Waals surface area contributed by atoms with Crippen molar-refractivity contribution in [2.45, 2.75) is 29.2 Å². The van der Waals surface area contributed by atoms with Gasteiger partial charge >= 0.3 is 0 Å². The van der Waals surface area contributed by atoms with E-state index >= 15 is 0 Å². The first-order valence-corrected chi connectivity index (χ1v) is 13.4. The highest BCUT2D eigenvalue weighted by atomic mass is 32.2. The molecule has 1 unspecified atom stereocenters. The lowest BCUT2D eigenvalue weighted by atomic mass is 9.94. The molecule has 202 valence electrons. The Kier molecular flexibility index (Phi) is 6.56. The topological polar surface area (TPSA) is 84.2 Å². The van der Waals surface area contributed by atoms with Crippen molar-refractivity contribution in [3.63, 3.8) is 0 Å². The summed E-state index contributed by atoms with van der Waals surface area (Å²) in [6.07, 6.45) is 5.50. The number of hydrogen-bond donors (Lipinski definition) is 1. The molecule has 1 atom stereocenters. The number of fused-ring (bicyclic) bond motifs is 8. The van der Waals surface area contributed by atoms with Gasteiger partial charge in [0.1, 0.15) is 19.0 Å². The number of benzene rings is 2. The number of nitrogens with zero attached hydrogens (tertiary/aromatic N) is 3. The zero-order chi connectivity index (χ0) is 27.1. The Morgan fingerprint density at radius 1 is 1.08 bits per heavy atom. The van der Waals surface area contributed by atoms with Gasteiger partial charge in [0.2, 0.25) is 5.43 Å². The molecule has 1 fully saturated rings. The van der Waals surface area contributed by atoms with E-state index in [0.29, 0.717) is 19.6 Å². The Labute approximate surface area is 227 Å². The first kappa shape index (κ1) is 25.4. The molecule has 0 saturated carbocycles. The largest absolute Gasteiger partial charge is 0.502 e. The zero-order valence-corrected chi connectivity index (χ0v) is 21.6. The maximum absolute atomic E-state index is 14.7. The number of amides is 1. The highest BCUT2D eigenvalue weighted by molar-refractivity contribution is 7.98. The lowest BCUT2D eigenvalue weighted by Gasteiger charge is -2.46. The molecule has 2 aromatic carbocycles. The quantitative estimate of drug-likeness (QED) is 0.424. The molecule has 4 bridgehead atoms. The van der Waals surface area contributed by atoms with E-state index in [-0.39, 0.29) is 42.6 Å². The van der Waals surface area contributed by atoms with Crippen LogP contribution in [0.15, 0.2) is 70.5 Å². The zero-order valence-electron chi connectivity index (χ0n) is 20.8. The van der Waals surface area contributed by atoms with Crippen LogP contribution in [0.5, 0.6) is 11.5 Å². The monoisotopic (exact) mass is 553 g/mol. The lowest BCUT2D eigenvalue weighted by molar-refractivity contribution is 0.0435. The van der Waals surface area contributed by atoms with Gasteiger partial charge < -0.3 is 19.5 Å². The summed E-state index contributed by atoms with van der Waals surface area (Å²) >= 11 is 1.35. The number of halogens is 2. The number of rotatable bonds is 0. The number of carbonyl (C=O) groups excluding carboxylic acids is 1. The molecule has 0 radical (unpaired) electrons. The van der Waals surface area contributed by atoms with E-state index in [1.807, 2.05) is 35.4 Å². The van der Waals surface area contributed by atoms with Crippen LogP contribution in [0.25, 0.3) is 0 Å². The number of carbonyl (C=O) groups is 1. The van der Waals surface area contributed by atoms with Gasteiger partial charge in [-0.05, 0) is 23.8 Å². The van der Waals surface area contributed by atoms with Crippen molar-refractivity contribution in [3.05, 3.63) is 99.5 Å². The van der Waals surface area contributed by atoms with E-state index in [0.717, 1.165) is 16.5 Å². The first-order chi connectivity index (χ1) is 18.9. The second-order valence-electron chi connectivity index (χ2n) is 9.66. The molecule has 0 aliphatic carbocycles. The molecule has 1 N–H and O–H groups in total. The van der Waals surface area contributed by atoms with Gasteiger partial charge in [0.25, 0.3) is 5.91 Å². The summed E-state index contributed by atoms with van der Waals surface area (Å²) in [5.41, 5.74) is -0.584. The van der Waals surface area contributed by atoms with Crippen LogP contribution < -0.4 is 15.2 Å². The second-order valence-corrected chi connectivity index (χ2v) is 10.7. The summed E-state index contributed by atoms with van der Waals surface area (Å²) in [5, 5.41) is 12.6. The van der Waals surface area contributed by atoms with E-state index in [4.69, 9.17) is 9.47 Å². The number of aromatic nitrogens is 1. The number of thioether (sulfide) groups is 1. The van der Waals surface area contributed by atoms with Crippen LogP contribution in [-0.2, 0) is 17.0 Å². The van der Waals surface area contributed by atoms with Gasteiger partial charge in [0, 0.05) is 47.6 Å². The highest BCUT2D eigenvalue weighted by Gasteiger charge is 2.46. The maximum Gasteiger partial charge on any atom is 0.278 e. The summed E-state index contributed by atoms with van der Waals surface area (Å²) in [6, 6.07) is 11.3. The molecule has 3 aliphatic rings. The second kappa shape index (κ2) is 10.0. The van der Waals surface area contributed by atoms with E-state index in [9.17, 15) is 23.5 Å². The van der Waals surface area contributed by atoms with Gasteiger partial charge in [-0.3, -0.25) is 19.3 Å². The van der Waals surface area contributed by atoms with Gasteiger partial charge in [-0.1, -0.05) is 24.3 Å². The SMILES string of the molecule is O=C1c2c(O)c(=O)ccn2N2Cc3ccccc3SCc3cc(cc(F)c3F)OC/C=C/C3(CCOC3)N1C2. The molecule has 1 spiro atoms. The van der Waals surface area contributed by atoms with Crippen molar-refractivity contribution in [2.75, 3.05) is 31.5 Å². The summed E-state index contributed by atoms with van der Waals surface area (Å²) < 4.78 is 42.0. The van der Waals surface area contributed by atoms with Gasteiger partial charge in [0.05, 0.1) is 18.7 Å². The number of aromatic hydroxyl groups is 1. The van der Waals surface area contributed by atoms with E-state index in [1.165, 1.54) is 34.8 Å². The van der Waals surface area contributed by atoms with Crippen LogP contribution in [-0.4, -0.2) is 52.6 Å². The molecule has 3 aliphatic heterocycles. The first-order valence-electron chi connectivity index (χ1n) is 12.4. The van der Waals surface area contributed by atoms with E-state index < -0.39 is 34.3 Å². The molecule has 3 aromatic rings. The molecule has 6 rings (SSSR count). The molecule has 4 heterocycles. The Morgan fingerprint density at radius 2 is 1.92 bits per heavy atom. The van der Waals surface area contributed by atoms with E-state index in [1.54, 1.807) is 11.0 Å². The van der Waals surface area contributed by atoms with Crippen LogP contribution in [0.2, 0.25) is 0 Å². The number of hydrogen-bond acceptors (Lipinski definition) is 7. The van der Waals surface area contributed by atoms with Crippen LogP contribution >= 0.6 is 11.8 Å². The Balaban J connectivity index is 1.49. The van der Waals surface area contributed by atoms with Crippen molar-refractivity contribution in [3.8, 4) is 11.5 Å². The van der Waals surface area contributed by atoms with Crippen LogP contribution in [0.3, 0.4) is 0 Å². The van der Waals surface area contributed by atoms with Gasteiger partial charge in [0.15, 0.2) is 23.1 Å². The Bertz CT molecular complexity index is 1540. The van der Waals surface area contributed by atoms with Gasteiger partial charge in [-0.25, -0.2) is 8.78 Å². The predicted octanol–water partition coefficient (Wildman–Crippen LogP) is 3.78. The summed E-state index contributed by atoms with van der Waals surface area (Å²) in [7, 11) is 0. The van der Waals surface area contributed by atoms with Crippen molar-refractivity contribution < 1.29 is 28.2 Å². The Morgan fingerprint density at radius 3 is 2.74 bits per heavy atom. The average molecular weight is 554 g/mol. The third-order valence-corrected chi connectivity index (χ3v) is 8.40. The fraction of sp³-hybridized carbons (Fsp3) is 0.286. The summed E-state index contributed by atoms with van der Waals surface area (Å²) in [4.78, 5) is 28.6. The highest BCUT2D eigenvalue weighted by Crippen LogP contribution is 2.35. The van der Waals surface area contributed by atoms with Crippen molar-refractivity contribution in [2.24, 2.45) is 0 Å². The minimum atomic E-state index is -0.981. The van der Waals surface area contributed by atoms with Gasteiger partial charge in [-0.2, -0.15) is 0 Å². The standard InChI is InChI=1S/C28H25F2N3O5S/c29-21-13-20-12-19(24(21)30)15-39-23-5-2-1-4-18(23)14-31-17-32(28(7-3-10-38-20)8-11-37-16-28)27(36)25-26(35)22(34)6-9-33(25)31/h1-7,9,12-13,35H,8,10-11,14-17H2/b7-3+. The van der Waals surface area contributed by atoms with Crippen molar-refractivity contribution in [1.82, 2.24) is 9.58 Å². The molecular weight excluding hydrogens is 528 g/mol. The Hall–Kier alpha value is -3.83.